The number of aliphatic imine (C=N–C) groups is 1. The Labute approximate surface area is 170 Å². The molecule has 3 atom stereocenters. The minimum absolute atomic E-state index is 0.0337. The summed E-state index contributed by atoms with van der Waals surface area (Å²) in [7, 11) is 0. The zero-order chi connectivity index (χ0) is 20.4. The number of allylic oxidation sites excluding steroid dienone is 7. The van der Waals surface area contributed by atoms with Gasteiger partial charge in [0.1, 0.15) is 0 Å². The number of carbonyl (C=O) groups is 1. The van der Waals surface area contributed by atoms with Crippen LogP contribution >= 0.6 is 0 Å². The number of fused-ring (bicyclic) bond motifs is 1. The van der Waals surface area contributed by atoms with E-state index in [2.05, 4.69) is 41.7 Å². The average Bonchev–Trinajstić information content (AvgIpc) is 3.15. The van der Waals surface area contributed by atoms with Crippen LogP contribution in [0, 0.1) is 17.8 Å². The van der Waals surface area contributed by atoms with Gasteiger partial charge in [-0.05, 0) is 62.2 Å². The predicted molar refractivity (Wildman–Crippen MR) is 120 cm³/mol. The predicted octanol–water partition coefficient (Wildman–Crippen LogP) is 3.95. The number of nitrogens with one attached hydrogen (secondary N) is 1. The molecule has 2 fully saturated rings. The number of hydrogen-bond acceptors (Lipinski definition) is 3. The molecule has 0 aromatic rings. The molecule has 2 aliphatic rings. The molecule has 1 N–H and O–H groups in total. The van der Waals surface area contributed by atoms with E-state index in [0.29, 0.717) is 0 Å². The zero-order valence-electron chi connectivity index (χ0n) is 17.6. The molecule has 28 heavy (non-hydrogen) atoms. The van der Waals surface area contributed by atoms with E-state index in [1.807, 2.05) is 31.4 Å². The second kappa shape index (κ2) is 11.6. The largest absolute Gasteiger partial charge is 0.353 e. The summed E-state index contributed by atoms with van der Waals surface area (Å²) >= 11 is 0. The van der Waals surface area contributed by atoms with Gasteiger partial charge < -0.3 is 5.32 Å². The van der Waals surface area contributed by atoms with Crippen LogP contribution in [-0.2, 0) is 4.79 Å². The summed E-state index contributed by atoms with van der Waals surface area (Å²) < 4.78 is 0. The smallest absolute Gasteiger partial charge is 0.243 e. The van der Waals surface area contributed by atoms with E-state index in [1.54, 1.807) is 18.2 Å². The lowest BCUT2D eigenvalue weighted by Gasteiger charge is -2.19. The molecule has 1 aliphatic heterocycles. The van der Waals surface area contributed by atoms with Crippen LogP contribution < -0.4 is 5.32 Å². The highest BCUT2D eigenvalue weighted by Gasteiger charge is 2.54. The van der Waals surface area contributed by atoms with Crippen molar-refractivity contribution in [1.29, 1.82) is 0 Å². The molecule has 0 radical (unpaired) electrons. The average molecular weight is 382 g/mol. The van der Waals surface area contributed by atoms with Gasteiger partial charge in [-0.3, -0.25) is 14.7 Å². The minimum Gasteiger partial charge on any atom is -0.353 e. The summed E-state index contributed by atoms with van der Waals surface area (Å²) in [5.74, 6) is 2.36. The van der Waals surface area contributed by atoms with Gasteiger partial charge in [-0.2, -0.15) is 0 Å². The maximum Gasteiger partial charge on any atom is 0.243 e. The molecule has 4 heteroatoms. The van der Waals surface area contributed by atoms with Gasteiger partial charge in [0.15, 0.2) is 0 Å². The van der Waals surface area contributed by atoms with E-state index in [9.17, 15) is 4.79 Å². The molecule has 1 saturated heterocycles. The molecular weight excluding hydrogens is 346 g/mol. The molecule has 1 amide bonds. The summed E-state index contributed by atoms with van der Waals surface area (Å²) in [5.41, 5.74) is 2.23. The molecular formula is C24H35N3O. The van der Waals surface area contributed by atoms with E-state index in [1.165, 1.54) is 18.7 Å². The second-order valence-electron chi connectivity index (χ2n) is 7.49. The Hall–Kier alpha value is -2.20. The van der Waals surface area contributed by atoms with Crippen LogP contribution in [0.15, 0.2) is 65.2 Å². The van der Waals surface area contributed by atoms with Crippen LogP contribution in [0.2, 0.25) is 0 Å². The Morgan fingerprint density at radius 2 is 2.00 bits per heavy atom. The van der Waals surface area contributed by atoms with Crippen molar-refractivity contribution in [3.8, 4) is 0 Å². The summed E-state index contributed by atoms with van der Waals surface area (Å²) in [6.45, 7) is 14.8. The Kier molecular flexibility index (Phi) is 9.15. The van der Waals surface area contributed by atoms with Gasteiger partial charge in [-0.15, -0.1) is 0 Å². The quantitative estimate of drug-likeness (QED) is 0.335. The molecule has 1 unspecified atom stereocenters. The van der Waals surface area contributed by atoms with E-state index >= 15 is 0 Å². The van der Waals surface area contributed by atoms with Crippen molar-refractivity contribution in [3.63, 3.8) is 0 Å². The van der Waals surface area contributed by atoms with Crippen LogP contribution in [0.3, 0.4) is 0 Å². The first-order chi connectivity index (χ1) is 13.6. The Bertz CT molecular complexity index is 672. The van der Waals surface area contributed by atoms with E-state index in [4.69, 9.17) is 0 Å². The number of carbonyl (C=O) groups excluding carboxylic acids is 1. The van der Waals surface area contributed by atoms with Crippen molar-refractivity contribution in [2.75, 3.05) is 32.7 Å². The standard InChI is InChI=1S/C24H35N3O/c1-5-9-10-19(6-2)11-12-24(28)26-14-13-21-22-17-27(18-23(21)22)16-20(7-3)15-25-8-4/h5-7,9-12,15,21-23H,2,8,13-14,16-18H2,1,3-4H3,(H,26,28)/b9-5-,12-11+,19-10+,20-7+,25-15?/t21?,22-,23+. The number of rotatable bonds is 11. The Morgan fingerprint density at radius 3 is 2.61 bits per heavy atom. The Morgan fingerprint density at radius 1 is 1.25 bits per heavy atom. The van der Waals surface area contributed by atoms with Crippen LogP contribution in [-0.4, -0.2) is 49.7 Å². The molecule has 1 heterocycles. The van der Waals surface area contributed by atoms with Gasteiger partial charge >= 0.3 is 0 Å². The van der Waals surface area contributed by atoms with Crippen LogP contribution in [0.25, 0.3) is 0 Å². The maximum absolute atomic E-state index is 12.0. The van der Waals surface area contributed by atoms with Gasteiger partial charge in [-0.25, -0.2) is 0 Å². The third-order valence-corrected chi connectivity index (χ3v) is 5.58. The fourth-order valence-electron chi connectivity index (χ4n) is 3.96. The maximum atomic E-state index is 12.0. The second-order valence-corrected chi connectivity index (χ2v) is 7.49. The van der Waals surface area contributed by atoms with E-state index in [0.717, 1.165) is 49.4 Å². The van der Waals surface area contributed by atoms with Crippen molar-refractivity contribution in [2.24, 2.45) is 22.7 Å². The van der Waals surface area contributed by atoms with Gasteiger partial charge in [0.2, 0.25) is 5.91 Å². The highest BCUT2D eigenvalue weighted by atomic mass is 16.1. The Balaban J connectivity index is 1.65. The molecule has 0 spiro atoms. The fraction of sp³-hybridized carbons (Fsp3) is 0.500. The van der Waals surface area contributed by atoms with Crippen molar-refractivity contribution < 1.29 is 4.79 Å². The molecule has 4 nitrogen and oxygen atoms in total. The lowest BCUT2D eigenvalue weighted by Crippen LogP contribution is -2.28. The SMILES string of the molecule is C=CC(/C=C/C(=O)NCCC1[C@H]2CN(C/C(C=NCC)=C/C)C[C@@H]12)=C\C=C/C. The number of hydrogen-bond donors (Lipinski definition) is 1. The first-order valence-electron chi connectivity index (χ1n) is 10.4. The normalized spacial score (nSPS) is 25.8. The summed E-state index contributed by atoms with van der Waals surface area (Å²) in [4.78, 5) is 18.9. The first-order valence-corrected chi connectivity index (χ1v) is 10.4. The minimum atomic E-state index is -0.0337. The van der Waals surface area contributed by atoms with Gasteiger partial charge in [0.05, 0.1) is 0 Å². The number of likely N-dealkylation sites (tertiary alicyclic amines) is 1. The highest BCUT2D eigenvalue weighted by molar-refractivity contribution is 5.88. The van der Waals surface area contributed by atoms with Crippen molar-refractivity contribution >= 4 is 12.1 Å². The van der Waals surface area contributed by atoms with Gasteiger partial charge in [-0.1, -0.05) is 37.0 Å². The molecule has 0 aromatic heterocycles. The topological polar surface area (TPSA) is 44.7 Å². The summed E-state index contributed by atoms with van der Waals surface area (Å²) in [6.07, 6.45) is 16.2. The molecule has 0 aromatic carbocycles. The number of piperidine rings is 1. The molecule has 0 bridgehead atoms. The lowest BCUT2D eigenvalue weighted by atomic mass is 10.1. The third kappa shape index (κ3) is 6.75. The van der Waals surface area contributed by atoms with Crippen LogP contribution in [0.5, 0.6) is 0 Å². The number of nitrogens with zero attached hydrogens (tertiary/aromatic N) is 2. The lowest BCUT2D eigenvalue weighted by molar-refractivity contribution is -0.116. The van der Waals surface area contributed by atoms with E-state index < -0.39 is 0 Å². The van der Waals surface area contributed by atoms with Gasteiger partial charge in [0, 0.05) is 45.0 Å². The summed E-state index contributed by atoms with van der Waals surface area (Å²) in [5, 5.41) is 3.01. The summed E-state index contributed by atoms with van der Waals surface area (Å²) in [6, 6.07) is 0. The van der Waals surface area contributed by atoms with Gasteiger partial charge in [0.25, 0.3) is 0 Å². The van der Waals surface area contributed by atoms with Crippen LogP contribution in [0.4, 0.5) is 0 Å². The zero-order valence-corrected chi connectivity index (χ0v) is 17.6. The first kappa shape index (κ1) is 22.1. The molecule has 1 aliphatic carbocycles. The monoisotopic (exact) mass is 381 g/mol. The van der Waals surface area contributed by atoms with E-state index in [-0.39, 0.29) is 5.91 Å². The molecule has 152 valence electrons. The fourth-order valence-corrected chi connectivity index (χ4v) is 3.96. The van der Waals surface area contributed by atoms with Crippen molar-refractivity contribution in [1.82, 2.24) is 10.2 Å². The molecule has 1 saturated carbocycles. The number of amides is 1. The van der Waals surface area contributed by atoms with Crippen molar-refractivity contribution in [3.05, 3.63) is 60.3 Å². The molecule has 2 rings (SSSR count). The third-order valence-electron chi connectivity index (χ3n) is 5.58. The van der Waals surface area contributed by atoms with Crippen LogP contribution in [0.1, 0.15) is 27.2 Å². The van der Waals surface area contributed by atoms with Crippen molar-refractivity contribution in [2.45, 2.75) is 27.2 Å². The highest BCUT2D eigenvalue weighted by Crippen LogP contribution is 2.53.